The van der Waals surface area contributed by atoms with Crippen LogP contribution in [-0.4, -0.2) is 37.3 Å². The maximum Gasteiger partial charge on any atom is 0.234 e. The number of carbonyl (C=O) groups is 2. The molecule has 1 aromatic carbocycles. The molecule has 3 aromatic rings. The number of pyridine rings is 1. The SMILES string of the molecule is CCCn1c(SCC(=O)Nc2cccc(NC(C)=O)c2)nnc1-c1ccccn1. The van der Waals surface area contributed by atoms with E-state index in [-0.39, 0.29) is 17.6 Å². The maximum absolute atomic E-state index is 12.4. The molecule has 8 nitrogen and oxygen atoms in total. The van der Waals surface area contributed by atoms with Crippen molar-refractivity contribution in [2.75, 3.05) is 16.4 Å². The van der Waals surface area contributed by atoms with Gasteiger partial charge in [-0.3, -0.25) is 14.6 Å². The second-order valence-electron chi connectivity index (χ2n) is 6.27. The van der Waals surface area contributed by atoms with E-state index in [2.05, 4.69) is 32.7 Å². The highest BCUT2D eigenvalue weighted by molar-refractivity contribution is 7.99. The van der Waals surface area contributed by atoms with Crippen molar-refractivity contribution in [1.82, 2.24) is 19.7 Å². The van der Waals surface area contributed by atoms with Crippen LogP contribution in [0.3, 0.4) is 0 Å². The highest BCUT2D eigenvalue weighted by Gasteiger charge is 2.16. The highest BCUT2D eigenvalue weighted by Crippen LogP contribution is 2.23. The lowest BCUT2D eigenvalue weighted by molar-refractivity contribution is -0.114. The lowest BCUT2D eigenvalue weighted by Crippen LogP contribution is -2.15. The van der Waals surface area contributed by atoms with Gasteiger partial charge in [-0.25, -0.2) is 0 Å². The molecular weight excluding hydrogens is 388 g/mol. The van der Waals surface area contributed by atoms with E-state index in [1.807, 2.05) is 22.8 Å². The molecule has 0 spiro atoms. The van der Waals surface area contributed by atoms with E-state index in [1.54, 1.807) is 30.5 Å². The molecule has 29 heavy (non-hydrogen) atoms. The van der Waals surface area contributed by atoms with Crippen molar-refractivity contribution >= 4 is 35.0 Å². The van der Waals surface area contributed by atoms with E-state index in [0.29, 0.717) is 22.4 Å². The average Bonchev–Trinajstić information content (AvgIpc) is 3.10. The number of nitrogens with one attached hydrogen (secondary N) is 2. The lowest BCUT2D eigenvalue weighted by Gasteiger charge is -2.09. The van der Waals surface area contributed by atoms with Crippen LogP contribution < -0.4 is 10.6 Å². The predicted molar refractivity (Wildman–Crippen MR) is 114 cm³/mol. The number of anilines is 2. The normalized spacial score (nSPS) is 10.6. The summed E-state index contributed by atoms with van der Waals surface area (Å²) in [4.78, 5) is 27.9. The quantitative estimate of drug-likeness (QED) is 0.552. The average molecular weight is 411 g/mol. The second kappa shape index (κ2) is 9.83. The number of hydrogen-bond donors (Lipinski definition) is 2. The summed E-state index contributed by atoms with van der Waals surface area (Å²) in [6.07, 6.45) is 2.63. The van der Waals surface area contributed by atoms with Gasteiger partial charge in [-0.05, 0) is 36.8 Å². The Kier molecular flexibility index (Phi) is 6.96. The topological polar surface area (TPSA) is 102 Å². The number of hydrogen-bond acceptors (Lipinski definition) is 6. The van der Waals surface area contributed by atoms with Gasteiger partial charge in [-0.15, -0.1) is 10.2 Å². The van der Waals surface area contributed by atoms with Crippen LogP contribution >= 0.6 is 11.8 Å². The summed E-state index contributed by atoms with van der Waals surface area (Å²) in [6, 6.07) is 12.7. The van der Waals surface area contributed by atoms with Gasteiger partial charge in [0.15, 0.2) is 11.0 Å². The molecule has 2 aromatic heterocycles. The Morgan fingerprint density at radius 3 is 2.55 bits per heavy atom. The first-order valence-electron chi connectivity index (χ1n) is 9.21. The largest absolute Gasteiger partial charge is 0.326 e. The highest BCUT2D eigenvalue weighted by atomic mass is 32.2. The third-order valence-corrected chi connectivity index (χ3v) is 4.82. The molecule has 2 amide bonds. The van der Waals surface area contributed by atoms with Gasteiger partial charge in [0.1, 0.15) is 5.69 Å². The number of carbonyl (C=O) groups excluding carboxylic acids is 2. The number of nitrogens with zero attached hydrogens (tertiary/aromatic N) is 4. The molecule has 150 valence electrons. The molecule has 0 saturated carbocycles. The Morgan fingerprint density at radius 1 is 1.07 bits per heavy atom. The van der Waals surface area contributed by atoms with E-state index >= 15 is 0 Å². The fraction of sp³-hybridized carbons (Fsp3) is 0.250. The molecular formula is C20H22N6O2S. The van der Waals surface area contributed by atoms with Gasteiger partial charge in [0.2, 0.25) is 11.8 Å². The van der Waals surface area contributed by atoms with Crippen molar-refractivity contribution in [3.63, 3.8) is 0 Å². The lowest BCUT2D eigenvalue weighted by atomic mass is 10.2. The van der Waals surface area contributed by atoms with Gasteiger partial charge < -0.3 is 15.2 Å². The van der Waals surface area contributed by atoms with Crippen LogP contribution in [0, 0.1) is 0 Å². The molecule has 0 atom stereocenters. The van der Waals surface area contributed by atoms with Crippen LogP contribution in [0.1, 0.15) is 20.3 Å². The standard InChI is InChI=1S/C20H22N6O2S/c1-3-11-26-19(17-9-4-5-10-21-17)24-25-20(26)29-13-18(28)23-16-8-6-7-15(12-16)22-14(2)27/h4-10,12H,3,11,13H2,1-2H3,(H,22,27)(H,23,28). The number of rotatable bonds is 8. The first-order valence-corrected chi connectivity index (χ1v) is 10.2. The number of thioether (sulfide) groups is 1. The molecule has 9 heteroatoms. The summed E-state index contributed by atoms with van der Waals surface area (Å²) in [5.41, 5.74) is 2.00. The zero-order valence-corrected chi connectivity index (χ0v) is 17.1. The predicted octanol–water partition coefficient (Wildman–Crippen LogP) is 3.44. The Labute approximate surface area is 173 Å². The van der Waals surface area contributed by atoms with Gasteiger partial charge in [0.25, 0.3) is 0 Å². The van der Waals surface area contributed by atoms with Crippen LogP contribution in [-0.2, 0) is 16.1 Å². The summed E-state index contributed by atoms with van der Waals surface area (Å²) in [5.74, 6) is 0.552. The molecule has 2 heterocycles. The molecule has 0 aliphatic rings. The molecule has 3 rings (SSSR count). The zero-order valence-electron chi connectivity index (χ0n) is 16.3. The van der Waals surface area contributed by atoms with Crippen LogP contribution in [0.4, 0.5) is 11.4 Å². The van der Waals surface area contributed by atoms with Crippen LogP contribution in [0.25, 0.3) is 11.5 Å². The number of amides is 2. The summed E-state index contributed by atoms with van der Waals surface area (Å²) >= 11 is 1.32. The Hall–Kier alpha value is -3.20. The van der Waals surface area contributed by atoms with Crippen LogP contribution in [0.5, 0.6) is 0 Å². The van der Waals surface area contributed by atoms with Crippen molar-refractivity contribution in [3.8, 4) is 11.5 Å². The molecule has 0 fully saturated rings. The number of benzene rings is 1. The third kappa shape index (κ3) is 5.64. The second-order valence-corrected chi connectivity index (χ2v) is 7.21. The van der Waals surface area contributed by atoms with Crippen molar-refractivity contribution < 1.29 is 9.59 Å². The fourth-order valence-corrected chi connectivity index (χ4v) is 3.47. The van der Waals surface area contributed by atoms with Crippen LogP contribution in [0.15, 0.2) is 53.8 Å². The molecule has 0 bridgehead atoms. The minimum atomic E-state index is -0.166. The summed E-state index contributed by atoms with van der Waals surface area (Å²) < 4.78 is 1.98. The molecule has 0 saturated heterocycles. The molecule has 0 aliphatic carbocycles. The monoisotopic (exact) mass is 410 g/mol. The zero-order chi connectivity index (χ0) is 20.6. The molecule has 2 N–H and O–H groups in total. The van der Waals surface area contributed by atoms with Gasteiger partial charge >= 0.3 is 0 Å². The number of aromatic nitrogens is 4. The van der Waals surface area contributed by atoms with Gasteiger partial charge in [0.05, 0.1) is 5.75 Å². The molecule has 0 unspecified atom stereocenters. The Balaban J connectivity index is 1.66. The van der Waals surface area contributed by atoms with E-state index in [4.69, 9.17) is 0 Å². The molecule has 0 radical (unpaired) electrons. The van der Waals surface area contributed by atoms with Crippen molar-refractivity contribution in [2.24, 2.45) is 0 Å². The molecule has 0 aliphatic heterocycles. The van der Waals surface area contributed by atoms with E-state index in [0.717, 1.165) is 18.7 Å². The maximum atomic E-state index is 12.4. The van der Waals surface area contributed by atoms with Gasteiger partial charge in [-0.2, -0.15) is 0 Å². The summed E-state index contributed by atoms with van der Waals surface area (Å²) in [5, 5.41) is 14.7. The van der Waals surface area contributed by atoms with E-state index in [1.165, 1.54) is 18.7 Å². The Morgan fingerprint density at radius 2 is 1.86 bits per heavy atom. The summed E-state index contributed by atoms with van der Waals surface area (Å²) in [7, 11) is 0. The summed E-state index contributed by atoms with van der Waals surface area (Å²) in [6.45, 7) is 4.25. The van der Waals surface area contributed by atoms with Crippen LogP contribution in [0.2, 0.25) is 0 Å². The van der Waals surface area contributed by atoms with Crippen molar-refractivity contribution in [1.29, 1.82) is 0 Å². The van der Waals surface area contributed by atoms with Crippen molar-refractivity contribution in [3.05, 3.63) is 48.7 Å². The third-order valence-electron chi connectivity index (χ3n) is 3.86. The van der Waals surface area contributed by atoms with E-state index < -0.39 is 0 Å². The first kappa shape index (κ1) is 20.5. The van der Waals surface area contributed by atoms with Crippen molar-refractivity contribution in [2.45, 2.75) is 32.0 Å². The minimum Gasteiger partial charge on any atom is -0.326 e. The first-order chi connectivity index (χ1) is 14.1. The fourth-order valence-electron chi connectivity index (χ4n) is 2.71. The minimum absolute atomic E-state index is 0.164. The van der Waals surface area contributed by atoms with E-state index in [9.17, 15) is 9.59 Å². The van der Waals surface area contributed by atoms with Gasteiger partial charge in [0, 0.05) is 31.0 Å². The smallest absolute Gasteiger partial charge is 0.234 e. The van der Waals surface area contributed by atoms with Gasteiger partial charge in [-0.1, -0.05) is 30.8 Å². The Bertz CT molecular complexity index is 990.